The van der Waals surface area contributed by atoms with Crippen molar-refractivity contribution in [1.82, 2.24) is 0 Å². The minimum absolute atomic E-state index is 0.0504. The van der Waals surface area contributed by atoms with E-state index in [1.54, 1.807) is 0 Å². The molecule has 1 saturated heterocycles. The number of ether oxygens (including phenoxy) is 2. The molecule has 2 aliphatic rings. The van der Waals surface area contributed by atoms with Gasteiger partial charge in [-0.2, -0.15) is 13.2 Å². The molecule has 2 heterocycles. The van der Waals surface area contributed by atoms with Crippen molar-refractivity contribution in [2.45, 2.75) is 37.6 Å². The van der Waals surface area contributed by atoms with Gasteiger partial charge in [0.1, 0.15) is 24.6 Å². The summed E-state index contributed by atoms with van der Waals surface area (Å²) in [5, 5.41) is 0. The van der Waals surface area contributed by atoms with E-state index >= 15 is 0 Å². The van der Waals surface area contributed by atoms with Crippen LogP contribution in [0.25, 0.3) is 17.2 Å². The van der Waals surface area contributed by atoms with Crippen LogP contribution in [-0.4, -0.2) is 43.4 Å². The third-order valence-corrected chi connectivity index (χ3v) is 7.85. The van der Waals surface area contributed by atoms with Crippen LogP contribution in [0.4, 0.5) is 13.2 Å². The molecule has 0 radical (unpaired) electrons. The molecule has 3 aromatic rings. The number of likely N-dealkylation sites (N-methyl/N-ethyl adjacent to an activating group) is 1. The third kappa shape index (κ3) is 5.64. The molecule has 5 nitrogen and oxygen atoms in total. The van der Waals surface area contributed by atoms with Crippen LogP contribution in [0.1, 0.15) is 42.1 Å². The third-order valence-electron chi connectivity index (χ3n) is 7.85. The van der Waals surface area contributed by atoms with Gasteiger partial charge in [-0.15, -0.1) is 0 Å². The van der Waals surface area contributed by atoms with E-state index in [0.29, 0.717) is 42.1 Å². The average Bonchev–Trinajstić information content (AvgIpc) is 3.16. The smallest absolute Gasteiger partial charge is 0.416 e. The summed E-state index contributed by atoms with van der Waals surface area (Å²) in [6, 6.07) is 20.4. The van der Waals surface area contributed by atoms with Crippen LogP contribution in [0.2, 0.25) is 0 Å². The molecule has 39 heavy (non-hydrogen) atoms. The van der Waals surface area contributed by atoms with Gasteiger partial charge in [-0.3, -0.25) is 5.73 Å². The molecule has 8 heteroatoms. The molecule has 204 valence electrons. The van der Waals surface area contributed by atoms with Gasteiger partial charge < -0.3 is 9.47 Å². The summed E-state index contributed by atoms with van der Waals surface area (Å²) >= 11 is 0. The number of alkyl halides is 3. The van der Waals surface area contributed by atoms with Crippen molar-refractivity contribution in [2.75, 3.05) is 26.9 Å². The van der Waals surface area contributed by atoms with Crippen molar-refractivity contribution < 1.29 is 31.9 Å². The largest absolute Gasteiger partial charge is 0.485 e. The Morgan fingerprint density at radius 1 is 0.974 bits per heavy atom. The Morgan fingerprint density at radius 2 is 1.64 bits per heavy atom. The number of halogens is 3. The molecule has 1 fully saturated rings. The van der Waals surface area contributed by atoms with Gasteiger partial charge in [0, 0.05) is 24.8 Å². The first-order chi connectivity index (χ1) is 18.7. The molecule has 0 spiro atoms. The molecule has 2 aliphatic heterocycles. The number of hydrogen-bond donors (Lipinski definition) is 1. The summed E-state index contributed by atoms with van der Waals surface area (Å²) < 4.78 is 51.3. The molecule has 2 unspecified atom stereocenters. The van der Waals surface area contributed by atoms with E-state index in [9.17, 15) is 18.0 Å². The lowest BCUT2D eigenvalue weighted by Gasteiger charge is -2.40. The lowest BCUT2D eigenvalue weighted by Crippen LogP contribution is -2.61. The summed E-state index contributed by atoms with van der Waals surface area (Å²) in [4.78, 5) is 14.2. The summed E-state index contributed by atoms with van der Waals surface area (Å²) in [6.07, 6.45) is -1.06. The van der Waals surface area contributed by atoms with Gasteiger partial charge in [0.25, 0.3) is 0 Å². The van der Waals surface area contributed by atoms with E-state index in [2.05, 4.69) is 0 Å². The van der Waals surface area contributed by atoms with Crippen LogP contribution >= 0.6 is 0 Å². The van der Waals surface area contributed by atoms with Gasteiger partial charge in [0.05, 0.1) is 31.4 Å². The van der Waals surface area contributed by atoms with Gasteiger partial charge in [-0.05, 0) is 47.0 Å². The monoisotopic (exact) mass is 537 g/mol. The Kier molecular flexibility index (Phi) is 7.62. The lowest BCUT2D eigenvalue weighted by atomic mass is 9.96. The number of amides is 1. The highest BCUT2D eigenvalue weighted by Crippen LogP contribution is 2.39. The van der Waals surface area contributed by atoms with Crippen molar-refractivity contribution in [1.29, 1.82) is 0 Å². The van der Waals surface area contributed by atoms with Gasteiger partial charge >= 0.3 is 12.1 Å². The number of quaternary nitrogens is 1. The minimum Gasteiger partial charge on any atom is -0.485 e. The van der Waals surface area contributed by atoms with E-state index in [1.165, 1.54) is 12.1 Å². The van der Waals surface area contributed by atoms with Crippen molar-refractivity contribution in [2.24, 2.45) is 5.73 Å². The van der Waals surface area contributed by atoms with Crippen molar-refractivity contribution >= 4 is 12.0 Å². The molecular formula is C31H32F3N2O3+. The molecule has 2 atom stereocenters. The van der Waals surface area contributed by atoms with E-state index in [4.69, 9.17) is 15.2 Å². The molecule has 2 N–H and O–H groups in total. The first kappa shape index (κ1) is 27.1. The summed E-state index contributed by atoms with van der Waals surface area (Å²) in [6.45, 7) is 1.36. The molecule has 3 aromatic carbocycles. The van der Waals surface area contributed by atoms with Crippen LogP contribution < -0.4 is 10.5 Å². The number of nitrogens with zero attached hydrogens (tertiary/aromatic N) is 1. The van der Waals surface area contributed by atoms with Gasteiger partial charge in [0.15, 0.2) is 0 Å². The second-order valence-corrected chi connectivity index (χ2v) is 10.3. The van der Waals surface area contributed by atoms with Crippen molar-refractivity contribution in [3.8, 4) is 16.9 Å². The molecular weight excluding hydrogens is 505 g/mol. The zero-order chi connectivity index (χ0) is 27.6. The summed E-state index contributed by atoms with van der Waals surface area (Å²) in [5.41, 5.74) is 9.16. The number of rotatable bonds is 5. The second-order valence-electron chi connectivity index (χ2n) is 10.3. The highest BCUT2D eigenvalue weighted by Gasteiger charge is 2.43. The fourth-order valence-corrected chi connectivity index (χ4v) is 5.42. The minimum atomic E-state index is -4.40. The van der Waals surface area contributed by atoms with Gasteiger partial charge in [0.2, 0.25) is 0 Å². The SMILES string of the molecule is C[N+](CN)(C(=O)C1=Cc2cc(-c3ccc(C(F)(F)F)cc3)ccc2OC(c2ccccc2)C1)C1CCOCC1. The standard InChI is InChI=1S/C31H32F3N2O3/c1-36(20-35,27-13-15-38-16-14-27)30(37)25-18-24-17-23(21-7-10-26(11-8-21)31(32,33)34)9-12-28(24)39-29(19-25)22-5-3-2-4-6-22/h2-12,17-18,27,29H,13-16,19-20,35H2,1H3/q+1. The van der Waals surface area contributed by atoms with Gasteiger partial charge in [-0.25, -0.2) is 9.28 Å². The quantitative estimate of drug-likeness (QED) is 0.305. The van der Waals surface area contributed by atoms with Crippen LogP contribution in [-0.2, 0) is 15.7 Å². The Labute approximate surface area is 226 Å². The molecule has 0 aromatic heterocycles. The van der Waals surface area contributed by atoms with Crippen LogP contribution in [0.5, 0.6) is 5.75 Å². The van der Waals surface area contributed by atoms with Crippen LogP contribution in [0, 0.1) is 0 Å². The first-order valence-corrected chi connectivity index (χ1v) is 13.1. The van der Waals surface area contributed by atoms with Crippen molar-refractivity contribution in [3.63, 3.8) is 0 Å². The maximum atomic E-state index is 14.2. The number of carbonyl (C=O) groups excluding carboxylic acids is 1. The Balaban J connectivity index is 1.55. The number of benzene rings is 3. The maximum Gasteiger partial charge on any atom is 0.416 e. The predicted octanol–water partition coefficient (Wildman–Crippen LogP) is 6.35. The number of hydrogen-bond acceptors (Lipinski definition) is 4. The number of nitrogens with two attached hydrogens (primary N) is 1. The Morgan fingerprint density at radius 3 is 2.28 bits per heavy atom. The highest BCUT2D eigenvalue weighted by molar-refractivity contribution is 5.94. The molecule has 5 rings (SSSR count). The Bertz CT molecular complexity index is 1350. The fraction of sp³-hybridized carbons (Fsp3) is 0.323. The maximum absolute atomic E-state index is 14.2. The molecule has 0 aliphatic carbocycles. The first-order valence-electron chi connectivity index (χ1n) is 13.1. The highest BCUT2D eigenvalue weighted by atomic mass is 19.4. The van der Waals surface area contributed by atoms with Crippen LogP contribution in [0.15, 0.2) is 78.4 Å². The normalized spacial score (nSPS) is 19.7. The van der Waals surface area contributed by atoms with E-state index < -0.39 is 11.7 Å². The second kappa shape index (κ2) is 11.0. The molecule has 1 amide bonds. The lowest BCUT2D eigenvalue weighted by molar-refractivity contribution is -0.860. The average molecular weight is 538 g/mol. The number of fused-ring (bicyclic) bond motifs is 1. The van der Waals surface area contributed by atoms with Crippen molar-refractivity contribution in [3.05, 3.63) is 95.1 Å². The zero-order valence-corrected chi connectivity index (χ0v) is 21.8. The predicted molar refractivity (Wildman–Crippen MR) is 143 cm³/mol. The Hall–Kier alpha value is -3.46. The van der Waals surface area contributed by atoms with Gasteiger partial charge in [-0.1, -0.05) is 48.5 Å². The zero-order valence-electron chi connectivity index (χ0n) is 21.8. The van der Waals surface area contributed by atoms with Crippen LogP contribution in [0.3, 0.4) is 0 Å². The summed E-state index contributed by atoms with van der Waals surface area (Å²) in [7, 11) is 1.89. The van der Waals surface area contributed by atoms with E-state index in [-0.39, 0.29) is 29.2 Å². The van der Waals surface area contributed by atoms with E-state index in [0.717, 1.165) is 36.1 Å². The molecule has 0 saturated carbocycles. The molecule has 0 bridgehead atoms. The summed E-state index contributed by atoms with van der Waals surface area (Å²) in [5.74, 6) is 0.553. The number of carbonyl (C=O) groups is 1. The topological polar surface area (TPSA) is 61.6 Å². The fourth-order valence-electron chi connectivity index (χ4n) is 5.42. The van der Waals surface area contributed by atoms with E-state index in [1.807, 2.05) is 61.7 Å².